The molecule has 2 aliphatic heterocycles. The van der Waals surface area contributed by atoms with Gasteiger partial charge < -0.3 is 9.47 Å². The summed E-state index contributed by atoms with van der Waals surface area (Å²) in [4.78, 5) is 0.0333. The Hall–Kier alpha value is -1.31. The lowest BCUT2D eigenvalue weighted by Gasteiger charge is -2.34. The predicted molar refractivity (Wildman–Crippen MR) is 91.9 cm³/mol. The zero-order valence-corrected chi connectivity index (χ0v) is 15.9. The minimum Gasteiger partial charge on any atom is -0.381 e. The number of aryl methyl sites for hydroxylation is 1. The first-order valence-corrected chi connectivity index (χ1v) is 10.1. The highest BCUT2D eigenvalue weighted by Crippen LogP contribution is 2.84. The Morgan fingerprint density at radius 3 is 2.27 bits per heavy atom. The number of rotatable bonds is 4. The van der Waals surface area contributed by atoms with Gasteiger partial charge in [0.15, 0.2) is 9.84 Å². The van der Waals surface area contributed by atoms with Crippen LogP contribution in [-0.4, -0.2) is 45.0 Å². The van der Waals surface area contributed by atoms with E-state index < -0.39 is 43.5 Å². The smallest absolute Gasteiger partial charge is 0.264 e. The fourth-order valence-electron chi connectivity index (χ4n) is 5.11. The Morgan fingerprint density at radius 1 is 1.19 bits per heavy atom. The first-order valence-electron chi connectivity index (χ1n) is 8.53. The second-order valence-corrected chi connectivity index (χ2v) is 10.1. The molecule has 4 rings (SSSR count). The number of fused-ring (bicyclic) bond motifs is 3. The summed E-state index contributed by atoms with van der Waals surface area (Å²) < 4.78 is 68.3. The van der Waals surface area contributed by atoms with Gasteiger partial charge in [0.1, 0.15) is 10.9 Å². The van der Waals surface area contributed by atoms with Gasteiger partial charge in [-0.15, -0.1) is 0 Å². The summed E-state index contributed by atoms with van der Waals surface area (Å²) >= 11 is 0. The van der Waals surface area contributed by atoms with Crippen LogP contribution in [0.5, 0.6) is 0 Å². The van der Waals surface area contributed by atoms with E-state index >= 15 is 8.78 Å². The molecule has 1 aromatic rings. The number of benzene rings is 1. The molecule has 0 unspecified atom stereocenters. The first kappa shape index (κ1) is 18.1. The molecular formula is C19H22F2O4S. The summed E-state index contributed by atoms with van der Waals surface area (Å²) in [5, 5.41) is -1.41. The fraction of sp³-hybridized carbons (Fsp3) is 0.579. The second kappa shape index (κ2) is 4.94. The maximum absolute atomic E-state index is 15.1. The van der Waals surface area contributed by atoms with Crippen molar-refractivity contribution in [2.45, 2.75) is 48.5 Å². The second-order valence-electron chi connectivity index (χ2n) is 8.09. The van der Waals surface area contributed by atoms with Crippen molar-refractivity contribution in [1.29, 1.82) is 0 Å². The highest BCUT2D eigenvalue weighted by molar-refractivity contribution is 7.92. The van der Waals surface area contributed by atoms with Gasteiger partial charge in [-0.25, -0.2) is 17.2 Å². The van der Waals surface area contributed by atoms with Crippen molar-refractivity contribution in [2.24, 2.45) is 10.8 Å². The van der Waals surface area contributed by atoms with E-state index in [0.717, 1.165) is 5.56 Å². The summed E-state index contributed by atoms with van der Waals surface area (Å²) in [7, 11) is -2.68. The van der Waals surface area contributed by atoms with Crippen molar-refractivity contribution in [2.75, 3.05) is 13.7 Å². The molecule has 1 saturated heterocycles. The third-order valence-corrected chi connectivity index (χ3v) is 8.83. The zero-order valence-electron chi connectivity index (χ0n) is 15.1. The number of alkyl halides is 2. The largest absolute Gasteiger partial charge is 0.381 e. The highest BCUT2D eigenvalue weighted by atomic mass is 32.2. The molecule has 1 aliphatic carbocycles. The van der Waals surface area contributed by atoms with Crippen molar-refractivity contribution in [3.05, 3.63) is 42.0 Å². The van der Waals surface area contributed by atoms with E-state index in [2.05, 4.69) is 0 Å². The zero-order chi connectivity index (χ0) is 19.2. The van der Waals surface area contributed by atoms with Crippen LogP contribution in [0.15, 0.2) is 41.3 Å². The van der Waals surface area contributed by atoms with Gasteiger partial charge in [0.05, 0.1) is 23.0 Å². The number of methoxy groups -OCH3 is 1. The number of hydrogen-bond donors (Lipinski definition) is 0. The van der Waals surface area contributed by atoms with Gasteiger partial charge in [0.2, 0.25) is 0 Å². The summed E-state index contributed by atoms with van der Waals surface area (Å²) in [6, 6.07) is 6.29. The number of ether oxygens (including phenoxy) is 2. The van der Waals surface area contributed by atoms with Gasteiger partial charge in [-0.2, -0.15) is 0 Å². The molecule has 1 saturated carbocycles. The van der Waals surface area contributed by atoms with Gasteiger partial charge in [0, 0.05) is 12.5 Å². The Morgan fingerprint density at radius 2 is 1.77 bits per heavy atom. The van der Waals surface area contributed by atoms with Gasteiger partial charge in [0.25, 0.3) is 5.92 Å². The molecule has 1 spiro atoms. The van der Waals surface area contributed by atoms with Crippen LogP contribution >= 0.6 is 0 Å². The van der Waals surface area contributed by atoms with E-state index in [4.69, 9.17) is 9.47 Å². The lowest BCUT2D eigenvalue weighted by Crippen LogP contribution is -2.52. The minimum atomic E-state index is -4.09. The highest BCUT2D eigenvalue weighted by Gasteiger charge is 2.97. The van der Waals surface area contributed by atoms with Gasteiger partial charge in [-0.3, -0.25) is 0 Å². The van der Waals surface area contributed by atoms with Crippen LogP contribution in [0.4, 0.5) is 8.78 Å². The van der Waals surface area contributed by atoms with Crippen LogP contribution in [-0.2, 0) is 19.3 Å². The Balaban J connectivity index is 1.94. The lowest BCUT2D eigenvalue weighted by atomic mass is 9.78. The maximum Gasteiger partial charge on any atom is 0.264 e. The molecule has 3 aliphatic rings. The third-order valence-electron chi connectivity index (χ3n) is 6.51. The van der Waals surface area contributed by atoms with E-state index in [1.807, 2.05) is 6.92 Å². The normalized spacial score (nSPS) is 38.8. The van der Waals surface area contributed by atoms with Crippen molar-refractivity contribution in [1.82, 2.24) is 0 Å². The van der Waals surface area contributed by atoms with E-state index in [1.54, 1.807) is 24.3 Å². The molecule has 142 valence electrons. The molecule has 2 heterocycles. The molecule has 0 radical (unpaired) electrons. The molecular weight excluding hydrogens is 362 g/mol. The summed E-state index contributed by atoms with van der Waals surface area (Å²) in [5.74, 6) is -3.16. The van der Waals surface area contributed by atoms with Crippen molar-refractivity contribution < 1.29 is 26.7 Å². The Bertz CT molecular complexity index is 875. The molecule has 4 atom stereocenters. The van der Waals surface area contributed by atoms with Gasteiger partial charge in [-0.1, -0.05) is 43.7 Å². The van der Waals surface area contributed by atoms with Gasteiger partial charge >= 0.3 is 0 Å². The fourth-order valence-corrected chi connectivity index (χ4v) is 7.69. The van der Waals surface area contributed by atoms with Gasteiger partial charge in [-0.05, 0) is 19.1 Å². The number of halogens is 2. The summed E-state index contributed by atoms with van der Waals surface area (Å²) in [6.07, 6.45) is 2.21. The minimum absolute atomic E-state index is 0.0333. The molecule has 1 aromatic carbocycles. The lowest BCUT2D eigenvalue weighted by molar-refractivity contribution is -0.0286. The predicted octanol–water partition coefficient (Wildman–Crippen LogP) is 3.15. The van der Waals surface area contributed by atoms with Crippen LogP contribution in [0.3, 0.4) is 0 Å². The molecule has 0 aromatic heterocycles. The first-order chi connectivity index (χ1) is 12.0. The Kier molecular flexibility index (Phi) is 3.43. The van der Waals surface area contributed by atoms with Crippen molar-refractivity contribution >= 4 is 9.84 Å². The monoisotopic (exact) mass is 384 g/mol. The molecule has 0 amide bonds. The molecule has 0 N–H and O–H groups in total. The third kappa shape index (κ3) is 1.72. The van der Waals surface area contributed by atoms with Crippen LogP contribution in [0.1, 0.15) is 19.4 Å². The van der Waals surface area contributed by atoms with Crippen LogP contribution < -0.4 is 0 Å². The van der Waals surface area contributed by atoms with E-state index in [0.29, 0.717) is 0 Å². The average Bonchev–Trinajstić information content (AvgIpc) is 2.96. The number of sulfone groups is 1. The van der Waals surface area contributed by atoms with E-state index in [-0.39, 0.29) is 11.5 Å². The molecule has 26 heavy (non-hydrogen) atoms. The number of hydrogen-bond acceptors (Lipinski definition) is 4. The van der Waals surface area contributed by atoms with Crippen molar-refractivity contribution in [3.8, 4) is 0 Å². The maximum atomic E-state index is 15.1. The molecule has 2 fully saturated rings. The standard InChI is InChI=1S/C19H22F2O4S/c1-12-5-7-13(8-6-12)26(22,23)15-17(11-24-4)10-9-14(25-17)18(15)16(2,3)19(18,20)21/h5-10,14-15H,11H2,1-4H3/t14-,15-,17-,18-/m1/s1. The van der Waals surface area contributed by atoms with Crippen LogP contribution in [0.25, 0.3) is 0 Å². The average molecular weight is 384 g/mol. The molecule has 2 bridgehead atoms. The molecule has 4 nitrogen and oxygen atoms in total. The van der Waals surface area contributed by atoms with Crippen molar-refractivity contribution in [3.63, 3.8) is 0 Å². The molecule has 7 heteroatoms. The topological polar surface area (TPSA) is 52.6 Å². The quantitative estimate of drug-likeness (QED) is 0.749. The van der Waals surface area contributed by atoms with Crippen LogP contribution in [0, 0.1) is 17.8 Å². The van der Waals surface area contributed by atoms with E-state index in [1.165, 1.54) is 33.1 Å². The SMILES string of the molecule is COC[C@@]12C=C[C@@H](O1)[C@@]1([C@@H]2S(=O)(=O)c2ccc(C)cc2)C(C)(C)C1(F)F. The summed E-state index contributed by atoms with van der Waals surface area (Å²) in [5.41, 5.74) is -3.79. The van der Waals surface area contributed by atoms with E-state index in [9.17, 15) is 8.42 Å². The summed E-state index contributed by atoms with van der Waals surface area (Å²) in [6.45, 7) is 4.58. The van der Waals surface area contributed by atoms with Crippen LogP contribution in [0.2, 0.25) is 0 Å². The Labute approximate surface area is 152 Å².